The zero-order valence-electron chi connectivity index (χ0n) is 12.9. The summed E-state index contributed by atoms with van der Waals surface area (Å²) in [7, 11) is 0. The summed E-state index contributed by atoms with van der Waals surface area (Å²) in [6.07, 6.45) is 3.45. The lowest BCUT2D eigenvalue weighted by molar-refractivity contribution is 0.220. The molecule has 1 atom stereocenters. The Morgan fingerprint density at radius 3 is 2.48 bits per heavy atom. The maximum absolute atomic E-state index is 9.33. The van der Waals surface area contributed by atoms with Crippen molar-refractivity contribution in [1.29, 1.82) is 10.5 Å². The second-order valence-corrected chi connectivity index (χ2v) is 7.73. The van der Waals surface area contributed by atoms with Gasteiger partial charge in [0.2, 0.25) is 0 Å². The van der Waals surface area contributed by atoms with Crippen molar-refractivity contribution in [3.8, 4) is 12.1 Å². The van der Waals surface area contributed by atoms with Gasteiger partial charge < -0.3 is 10.6 Å². The number of thiophene rings is 1. The van der Waals surface area contributed by atoms with Gasteiger partial charge in [0, 0.05) is 13.1 Å². The van der Waals surface area contributed by atoms with Gasteiger partial charge in [0.25, 0.3) is 0 Å². The van der Waals surface area contributed by atoms with Gasteiger partial charge in [-0.15, -0.1) is 11.3 Å². The zero-order chi connectivity index (χ0) is 15.6. The van der Waals surface area contributed by atoms with Gasteiger partial charge in [0.1, 0.15) is 27.6 Å². The molecule has 0 bridgehead atoms. The number of hydrogen-bond donors (Lipinski definition) is 1. The van der Waals surface area contributed by atoms with Crippen LogP contribution in [-0.4, -0.2) is 13.1 Å². The molecule has 0 aliphatic carbocycles. The predicted molar refractivity (Wildman–Crippen MR) is 87.2 cm³/mol. The summed E-state index contributed by atoms with van der Waals surface area (Å²) in [6, 6.07) is 4.26. The Balaban J connectivity index is 2.25. The molecule has 0 amide bonds. The minimum Gasteiger partial charge on any atom is -0.396 e. The van der Waals surface area contributed by atoms with Crippen LogP contribution in [0.5, 0.6) is 0 Å². The van der Waals surface area contributed by atoms with E-state index in [4.69, 9.17) is 11.0 Å². The molecule has 5 heteroatoms. The summed E-state index contributed by atoms with van der Waals surface area (Å²) in [5.74, 6) is 0.695. The van der Waals surface area contributed by atoms with Crippen molar-refractivity contribution in [2.24, 2.45) is 11.3 Å². The summed E-state index contributed by atoms with van der Waals surface area (Å²) in [6.45, 7) is 8.76. The highest BCUT2D eigenvalue weighted by atomic mass is 32.1. The van der Waals surface area contributed by atoms with Crippen LogP contribution < -0.4 is 10.6 Å². The van der Waals surface area contributed by atoms with Crippen LogP contribution in [0.3, 0.4) is 0 Å². The lowest BCUT2D eigenvalue weighted by Crippen LogP contribution is -2.26. The predicted octanol–water partition coefficient (Wildman–Crippen LogP) is 3.73. The molecule has 0 radical (unpaired) electrons. The number of rotatable bonds is 1. The Hall–Kier alpha value is -1.72. The van der Waals surface area contributed by atoms with Gasteiger partial charge in [0.15, 0.2) is 0 Å². The lowest BCUT2D eigenvalue weighted by atomic mass is 9.77. The van der Waals surface area contributed by atoms with Gasteiger partial charge in [0.05, 0.1) is 5.69 Å². The second-order valence-electron chi connectivity index (χ2n) is 6.73. The Labute approximate surface area is 130 Å². The maximum atomic E-state index is 9.33. The molecule has 21 heavy (non-hydrogen) atoms. The first-order valence-electron chi connectivity index (χ1n) is 7.36. The van der Waals surface area contributed by atoms with Crippen molar-refractivity contribution in [3.63, 3.8) is 0 Å². The number of nitrogens with two attached hydrogens (primary N) is 1. The Kier molecular flexibility index (Phi) is 4.44. The van der Waals surface area contributed by atoms with E-state index in [9.17, 15) is 5.26 Å². The highest BCUT2D eigenvalue weighted by Gasteiger charge is 2.29. The van der Waals surface area contributed by atoms with E-state index in [1.165, 1.54) is 17.8 Å². The van der Waals surface area contributed by atoms with E-state index in [1.807, 2.05) is 0 Å². The number of nitriles is 2. The van der Waals surface area contributed by atoms with Gasteiger partial charge in [-0.1, -0.05) is 20.8 Å². The summed E-state index contributed by atoms with van der Waals surface area (Å²) in [5, 5.41) is 19.3. The molecule has 1 aromatic rings. The van der Waals surface area contributed by atoms with Crippen molar-refractivity contribution in [1.82, 2.24) is 0 Å². The van der Waals surface area contributed by atoms with Crippen molar-refractivity contribution >= 4 is 22.0 Å². The first-order valence-corrected chi connectivity index (χ1v) is 8.17. The average Bonchev–Trinajstić information content (AvgIpc) is 2.62. The van der Waals surface area contributed by atoms with Gasteiger partial charge in [-0.3, -0.25) is 0 Å². The number of anilines is 2. The summed E-state index contributed by atoms with van der Waals surface area (Å²) in [4.78, 5) is 2.70. The van der Waals surface area contributed by atoms with E-state index in [2.05, 4.69) is 37.8 Å². The zero-order valence-corrected chi connectivity index (χ0v) is 13.8. The molecule has 1 saturated heterocycles. The molecule has 1 fully saturated rings. The molecule has 1 unspecified atom stereocenters. The van der Waals surface area contributed by atoms with E-state index < -0.39 is 0 Å². The van der Waals surface area contributed by atoms with Crippen molar-refractivity contribution < 1.29 is 0 Å². The Morgan fingerprint density at radius 1 is 1.19 bits per heavy atom. The van der Waals surface area contributed by atoms with E-state index in [1.54, 1.807) is 0 Å². The fraction of sp³-hybridized carbons (Fsp3) is 0.625. The van der Waals surface area contributed by atoms with Crippen LogP contribution in [-0.2, 0) is 0 Å². The number of hydrogen-bond acceptors (Lipinski definition) is 5. The van der Waals surface area contributed by atoms with E-state index in [0.717, 1.165) is 30.9 Å². The van der Waals surface area contributed by atoms with Crippen molar-refractivity contribution in [2.45, 2.75) is 40.0 Å². The van der Waals surface area contributed by atoms with Crippen molar-refractivity contribution in [3.05, 3.63) is 10.4 Å². The molecule has 0 spiro atoms. The molecule has 0 aromatic carbocycles. The number of nitrogens with zero attached hydrogens (tertiary/aromatic N) is 3. The standard InChI is InChI=1S/C16H22N4S/c1-16(2,3)11-5-4-7-20(8-6-11)15-12(9-17)14(19)13(10-18)21-15/h11H,4-8,19H2,1-3H3. The average molecular weight is 302 g/mol. The summed E-state index contributed by atoms with van der Waals surface area (Å²) < 4.78 is 0. The van der Waals surface area contributed by atoms with Gasteiger partial charge in [-0.2, -0.15) is 10.5 Å². The molecule has 1 aliphatic rings. The number of nitrogen functional groups attached to an aromatic ring is 1. The fourth-order valence-electron chi connectivity index (χ4n) is 3.01. The van der Waals surface area contributed by atoms with Crippen LogP contribution in [0.1, 0.15) is 50.5 Å². The topological polar surface area (TPSA) is 76.8 Å². The quantitative estimate of drug-likeness (QED) is 0.857. The van der Waals surface area contributed by atoms with Crippen LogP contribution in [0, 0.1) is 34.0 Å². The van der Waals surface area contributed by atoms with Gasteiger partial charge >= 0.3 is 0 Å². The largest absolute Gasteiger partial charge is 0.396 e. The molecule has 112 valence electrons. The van der Waals surface area contributed by atoms with E-state index in [-0.39, 0.29) is 0 Å². The Bertz CT molecular complexity index is 598. The Morgan fingerprint density at radius 2 is 1.90 bits per heavy atom. The molecule has 1 aliphatic heterocycles. The van der Waals surface area contributed by atoms with Crippen LogP contribution in [0.4, 0.5) is 10.7 Å². The van der Waals surface area contributed by atoms with Gasteiger partial charge in [-0.05, 0) is 30.6 Å². The third-order valence-corrected chi connectivity index (χ3v) is 5.55. The molecule has 2 N–H and O–H groups in total. The molecular formula is C16H22N4S. The summed E-state index contributed by atoms with van der Waals surface area (Å²) in [5.41, 5.74) is 7.05. The third kappa shape index (κ3) is 3.14. The van der Waals surface area contributed by atoms with Crippen LogP contribution in [0.15, 0.2) is 0 Å². The minimum atomic E-state index is 0.320. The van der Waals surface area contributed by atoms with Crippen LogP contribution in [0.2, 0.25) is 0 Å². The normalized spacial score (nSPS) is 19.7. The molecule has 2 heterocycles. The van der Waals surface area contributed by atoms with Crippen LogP contribution >= 0.6 is 11.3 Å². The molecule has 1 aromatic heterocycles. The van der Waals surface area contributed by atoms with Gasteiger partial charge in [-0.25, -0.2) is 0 Å². The minimum absolute atomic E-state index is 0.320. The second kappa shape index (κ2) is 5.95. The van der Waals surface area contributed by atoms with Crippen LogP contribution in [0.25, 0.3) is 0 Å². The van der Waals surface area contributed by atoms with E-state index in [0.29, 0.717) is 27.5 Å². The monoisotopic (exact) mass is 302 g/mol. The van der Waals surface area contributed by atoms with E-state index >= 15 is 0 Å². The lowest BCUT2D eigenvalue weighted by Gasteiger charge is -2.29. The smallest absolute Gasteiger partial charge is 0.131 e. The first kappa shape index (κ1) is 15.7. The fourth-order valence-corrected chi connectivity index (χ4v) is 4.03. The molecule has 2 rings (SSSR count). The maximum Gasteiger partial charge on any atom is 0.131 e. The highest BCUT2D eigenvalue weighted by Crippen LogP contribution is 2.40. The molecule has 4 nitrogen and oxygen atoms in total. The van der Waals surface area contributed by atoms with Crippen molar-refractivity contribution in [2.75, 3.05) is 23.7 Å². The molecule has 0 saturated carbocycles. The highest BCUT2D eigenvalue weighted by molar-refractivity contribution is 7.17. The first-order chi connectivity index (χ1) is 9.88. The summed E-state index contributed by atoms with van der Waals surface area (Å²) >= 11 is 1.35. The molecular weight excluding hydrogens is 280 g/mol. The third-order valence-electron chi connectivity index (χ3n) is 4.38. The SMILES string of the molecule is CC(C)(C)C1CCCN(c2sc(C#N)c(N)c2C#N)CC1.